The lowest BCUT2D eigenvalue weighted by Gasteiger charge is -2.32. The van der Waals surface area contributed by atoms with E-state index in [1.807, 2.05) is 37.3 Å². The lowest BCUT2D eigenvalue weighted by Crippen LogP contribution is -2.59. The van der Waals surface area contributed by atoms with E-state index in [4.69, 9.17) is 0 Å². The minimum Gasteiger partial charge on any atom is -0.321 e. The molecule has 1 aliphatic heterocycles. The summed E-state index contributed by atoms with van der Waals surface area (Å²) in [5.74, 6) is -0.216. The third kappa shape index (κ3) is 3.37. The summed E-state index contributed by atoms with van der Waals surface area (Å²) in [5.41, 5.74) is 2.51. The van der Waals surface area contributed by atoms with Gasteiger partial charge in [-0.15, -0.1) is 0 Å². The first-order valence-corrected chi connectivity index (χ1v) is 7.46. The maximum Gasteiger partial charge on any atom is 0.329 e. The Labute approximate surface area is 134 Å². The number of carbonyl (C=O) groups is 2. The second-order valence-corrected chi connectivity index (χ2v) is 5.46. The number of benzene rings is 1. The number of hydrogen-bond acceptors (Lipinski definition) is 4. The molecule has 0 saturated carbocycles. The van der Waals surface area contributed by atoms with E-state index in [9.17, 15) is 9.59 Å². The normalized spacial score (nSPS) is 18.0. The van der Waals surface area contributed by atoms with E-state index in [1.165, 1.54) is 4.90 Å². The standard InChI is InChI=1S/C17H18N4O2/c1-12-5-2-3-7-14(12)21-16(22)9-15(20-17(21)23)19-11-13-6-4-8-18-10-13/h2-8,10,15,19H,9,11H2,1H3,(H,20,23). The Morgan fingerprint density at radius 1 is 1.26 bits per heavy atom. The maximum absolute atomic E-state index is 12.4. The summed E-state index contributed by atoms with van der Waals surface area (Å²) in [6.45, 7) is 2.42. The first kappa shape index (κ1) is 15.2. The van der Waals surface area contributed by atoms with E-state index in [0.717, 1.165) is 11.1 Å². The highest BCUT2D eigenvalue weighted by Crippen LogP contribution is 2.22. The number of aromatic nitrogens is 1. The van der Waals surface area contributed by atoms with Gasteiger partial charge in [0.2, 0.25) is 5.91 Å². The largest absolute Gasteiger partial charge is 0.329 e. The van der Waals surface area contributed by atoms with Crippen molar-refractivity contribution >= 4 is 17.6 Å². The van der Waals surface area contributed by atoms with Gasteiger partial charge in [-0.2, -0.15) is 0 Å². The zero-order valence-corrected chi connectivity index (χ0v) is 12.8. The van der Waals surface area contributed by atoms with E-state index in [-0.39, 0.29) is 18.5 Å². The quantitative estimate of drug-likeness (QED) is 0.905. The number of amides is 3. The third-order valence-electron chi connectivity index (χ3n) is 3.76. The molecule has 0 spiro atoms. The Hall–Kier alpha value is -2.73. The van der Waals surface area contributed by atoms with Gasteiger partial charge in [0.25, 0.3) is 0 Å². The molecule has 2 aromatic rings. The first-order valence-electron chi connectivity index (χ1n) is 7.46. The Morgan fingerprint density at radius 3 is 2.78 bits per heavy atom. The molecule has 1 saturated heterocycles. The molecule has 0 bridgehead atoms. The number of pyridine rings is 1. The van der Waals surface area contributed by atoms with Crippen LogP contribution in [0.1, 0.15) is 17.5 Å². The molecule has 1 fully saturated rings. The molecule has 2 heterocycles. The smallest absolute Gasteiger partial charge is 0.321 e. The number of nitrogens with one attached hydrogen (secondary N) is 2. The van der Waals surface area contributed by atoms with Gasteiger partial charge in [0, 0.05) is 18.9 Å². The van der Waals surface area contributed by atoms with Crippen LogP contribution >= 0.6 is 0 Å². The second kappa shape index (κ2) is 6.58. The number of anilines is 1. The van der Waals surface area contributed by atoms with Crippen molar-refractivity contribution in [2.24, 2.45) is 0 Å². The minimum absolute atomic E-state index is 0.209. The van der Waals surface area contributed by atoms with Crippen LogP contribution in [0.25, 0.3) is 0 Å². The van der Waals surface area contributed by atoms with Gasteiger partial charge in [-0.3, -0.25) is 15.1 Å². The van der Waals surface area contributed by atoms with Crippen molar-refractivity contribution in [2.45, 2.75) is 26.1 Å². The van der Waals surface area contributed by atoms with Crippen LogP contribution in [0.3, 0.4) is 0 Å². The number of imide groups is 1. The SMILES string of the molecule is Cc1ccccc1N1C(=O)CC(NCc2cccnc2)NC1=O. The van der Waals surface area contributed by atoms with Gasteiger partial charge < -0.3 is 5.32 Å². The molecule has 2 N–H and O–H groups in total. The number of aryl methyl sites for hydroxylation is 1. The molecule has 1 aliphatic rings. The van der Waals surface area contributed by atoms with Crippen LogP contribution in [0.2, 0.25) is 0 Å². The van der Waals surface area contributed by atoms with Crippen molar-refractivity contribution in [1.82, 2.24) is 15.6 Å². The Bertz CT molecular complexity index is 700. The summed E-state index contributed by atoms with van der Waals surface area (Å²) in [6, 6.07) is 10.7. The lowest BCUT2D eigenvalue weighted by molar-refractivity contribution is -0.119. The maximum atomic E-state index is 12.4. The summed E-state index contributed by atoms with van der Waals surface area (Å²) in [6.07, 6.45) is 3.28. The molecule has 0 radical (unpaired) electrons. The highest BCUT2D eigenvalue weighted by atomic mass is 16.2. The van der Waals surface area contributed by atoms with E-state index in [0.29, 0.717) is 12.2 Å². The molecule has 1 aromatic carbocycles. The highest BCUT2D eigenvalue weighted by molar-refractivity contribution is 6.16. The topological polar surface area (TPSA) is 74.3 Å². The molecule has 3 rings (SSSR count). The summed E-state index contributed by atoms with van der Waals surface area (Å²) < 4.78 is 0. The van der Waals surface area contributed by atoms with Crippen molar-refractivity contribution in [3.8, 4) is 0 Å². The van der Waals surface area contributed by atoms with Crippen LogP contribution in [0.4, 0.5) is 10.5 Å². The fourth-order valence-electron chi connectivity index (χ4n) is 2.57. The number of nitrogens with zero attached hydrogens (tertiary/aromatic N) is 2. The minimum atomic E-state index is -0.403. The van der Waals surface area contributed by atoms with Crippen LogP contribution in [-0.4, -0.2) is 23.1 Å². The van der Waals surface area contributed by atoms with Gasteiger partial charge in [0.1, 0.15) is 0 Å². The molecule has 23 heavy (non-hydrogen) atoms. The average molecular weight is 310 g/mol. The molecule has 3 amide bonds. The van der Waals surface area contributed by atoms with Crippen molar-refractivity contribution in [3.63, 3.8) is 0 Å². The number of para-hydroxylation sites is 1. The highest BCUT2D eigenvalue weighted by Gasteiger charge is 2.33. The number of hydrogen-bond donors (Lipinski definition) is 2. The van der Waals surface area contributed by atoms with Gasteiger partial charge >= 0.3 is 6.03 Å². The molecule has 118 valence electrons. The molecule has 1 aromatic heterocycles. The first-order chi connectivity index (χ1) is 11.1. The number of carbonyl (C=O) groups excluding carboxylic acids is 2. The second-order valence-electron chi connectivity index (χ2n) is 5.46. The predicted octanol–water partition coefficient (Wildman–Crippen LogP) is 1.95. The zero-order chi connectivity index (χ0) is 16.2. The van der Waals surface area contributed by atoms with Gasteiger partial charge in [0.05, 0.1) is 18.3 Å². The van der Waals surface area contributed by atoms with Crippen LogP contribution in [0, 0.1) is 6.92 Å². The van der Waals surface area contributed by atoms with E-state index in [1.54, 1.807) is 18.5 Å². The molecule has 1 unspecified atom stereocenters. The van der Waals surface area contributed by atoms with E-state index < -0.39 is 6.03 Å². The Kier molecular flexibility index (Phi) is 4.34. The van der Waals surface area contributed by atoms with Crippen molar-refractivity contribution in [1.29, 1.82) is 0 Å². The summed E-state index contributed by atoms with van der Waals surface area (Å²) >= 11 is 0. The number of urea groups is 1. The van der Waals surface area contributed by atoms with Crippen molar-refractivity contribution in [2.75, 3.05) is 4.90 Å². The predicted molar refractivity (Wildman–Crippen MR) is 86.7 cm³/mol. The number of rotatable bonds is 4. The van der Waals surface area contributed by atoms with Gasteiger partial charge in [-0.05, 0) is 30.2 Å². The summed E-state index contributed by atoms with van der Waals surface area (Å²) in [5, 5.41) is 5.99. The molecule has 6 heteroatoms. The molecular formula is C17H18N4O2. The van der Waals surface area contributed by atoms with Gasteiger partial charge in [0.15, 0.2) is 0 Å². The van der Waals surface area contributed by atoms with E-state index >= 15 is 0 Å². The Morgan fingerprint density at radius 2 is 2.09 bits per heavy atom. The fourth-order valence-corrected chi connectivity index (χ4v) is 2.57. The Balaban J connectivity index is 1.67. The third-order valence-corrected chi connectivity index (χ3v) is 3.76. The molecule has 0 aliphatic carbocycles. The van der Waals surface area contributed by atoms with Gasteiger partial charge in [-0.1, -0.05) is 24.3 Å². The average Bonchev–Trinajstić information content (AvgIpc) is 2.55. The van der Waals surface area contributed by atoms with Crippen molar-refractivity contribution < 1.29 is 9.59 Å². The van der Waals surface area contributed by atoms with Crippen LogP contribution in [0.5, 0.6) is 0 Å². The van der Waals surface area contributed by atoms with Crippen LogP contribution in [0.15, 0.2) is 48.8 Å². The van der Waals surface area contributed by atoms with Crippen molar-refractivity contribution in [3.05, 3.63) is 59.9 Å². The molecule has 1 atom stereocenters. The molecular weight excluding hydrogens is 292 g/mol. The van der Waals surface area contributed by atoms with E-state index in [2.05, 4.69) is 15.6 Å². The zero-order valence-electron chi connectivity index (χ0n) is 12.8. The summed E-state index contributed by atoms with van der Waals surface area (Å²) in [4.78, 5) is 30.0. The van der Waals surface area contributed by atoms with Crippen LogP contribution < -0.4 is 15.5 Å². The molecule has 6 nitrogen and oxygen atoms in total. The van der Waals surface area contributed by atoms with Crippen LogP contribution in [-0.2, 0) is 11.3 Å². The lowest BCUT2D eigenvalue weighted by atomic mass is 10.1. The van der Waals surface area contributed by atoms with Gasteiger partial charge in [-0.25, -0.2) is 9.69 Å². The fraction of sp³-hybridized carbons (Fsp3) is 0.235. The monoisotopic (exact) mass is 310 g/mol. The summed E-state index contributed by atoms with van der Waals surface area (Å²) in [7, 11) is 0.